The molecule has 1 fully saturated rings. The molecule has 2 heterocycles. The highest BCUT2D eigenvalue weighted by molar-refractivity contribution is 6.61. The van der Waals surface area contributed by atoms with E-state index >= 15 is 0 Å². The molecule has 0 aliphatic carbocycles. The van der Waals surface area contributed by atoms with E-state index in [0.717, 1.165) is 11.0 Å². The quantitative estimate of drug-likeness (QED) is 0.799. The molecule has 1 aliphatic rings. The molecule has 6 heteroatoms. The molecule has 114 valence electrons. The number of rotatable bonds is 2. The highest BCUT2D eigenvalue weighted by Gasteiger charge is 2.51. The van der Waals surface area contributed by atoms with E-state index in [1.165, 1.54) is 0 Å². The van der Waals surface area contributed by atoms with E-state index in [0.29, 0.717) is 10.8 Å². The molecule has 4 nitrogen and oxygen atoms in total. The van der Waals surface area contributed by atoms with Crippen LogP contribution in [-0.4, -0.2) is 28.3 Å². The van der Waals surface area contributed by atoms with Crippen molar-refractivity contribution in [2.45, 2.75) is 38.9 Å². The Hall–Kier alpha value is -1.43. The molecule has 0 atom stereocenters. The Bertz CT molecular complexity index is 656. The van der Waals surface area contributed by atoms with Crippen LogP contribution in [-0.2, 0) is 9.31 Å². The molecule has 3 rings (SSSR count). The van der Waals surface area contributed by atoms with Crippen LogP contribution in [0.2, 0.25) is 5.02 Å². The fraction of sp³-hybridized carbons (Fsp3) is 0.375. The molecule has 1 saturated heterocycles. The molecular formula is C16H18BClN2O2. The Morgan fingerprint density at radius 2 is 1.41 bits per heavy atom. The van der Waals surface area contributed by atoms with E-state index in [1.807, 2.05) is 52.0 Å². The molecule has 0 bridgehead atoms. The van der Waals surface area contributed by atoms with Gasteiger partial charge in [-0.1, -0.05) is 11.6 Å². The Kier molecular flexibility index (Phi) is 3.75. The van der Waals surface area contributed by atoms with Gasteiger partial charge in [0.2, 0.25) is 0 Å². The molecule has 1 aromatic heterocycles. The minimum absolute atomic E-state index is 0.369. The Morgan fingerprint density at radius 1 is 0.909 bits per heavy atom. The highest BCUT2D eigenvalue weighted by Crippen LogP contribution is 2.36. The number of hydrogen-bond donors (Lipinski definition) is 0. The van der Waals surface area contributed by atoms with Crippen molar-refractivity contribution in [1.29, 1.82) is 0 Å². The smallest absolute Gasteiger partial charge is 0.399 e. The molecular weight excluding hydrogens is 298 g/mol. The van der Waals surface area contributed by atoms with Crippen LogP contribution in [0.5, 0.6) is 0 Å². The fourth-order valence-electron chi connectivity index (χ4n) is 2.19. The second-order valence-corrected chi connectivity index (χ2v) is 6.87. The van der Waals surface area contributed by atoms with Gasteiger partial charge in [0.25, 0.3) is 0 Å². The van der Waals surface area contributed by atoms with Crippen LogP contribution in [0.15, 0.2) is 36.7 Å². The number of halogens is 1. The first-order valence-corrected chi connectivity index (χ1v) is 7.60. The summed E-state index contributed by atoms with van der Waals surface area (Å²) in [5.74, 6) is 0.650. The lowest BCUT2D eigenvalue weighted by molar-refractivity contribution is 0.00578. The second kappa shape index (κ2) is 5.34. The number of aromatic nitrogens is 2. The zero-order valence-corrected chi connectivity index (χ0v) is 13.9. The van der Waals surface area contributed by atoms with Crippen LogP contribution in [0, 0.1) is 0 Å². The van der Waals surface area contributed by atoms with E-state index in [-0.39, 0.29) is 11.2 Å². The minimum atomic E-state index is -0.440. The number of benzene rings is 1. The summed E-state index contributed by atoms with van der Waals surface area (Å²) in [7, 11) is -0.440. The van der Waals surface area contributed by atoms with E-state index in [2.05, 4.69) is 9.97 Å². The normalized spacial score (nSPS) is 19.4. The standard InChI is InChI=1S/C16H18BClN2O2/c1-15(2)16(3,4)22-17(21-15)12-9-19-14(20-10-12)11-5-7-13(18)8-6-11/h5-10H,1-4H3. The summed E-state index contributed by atoms with van der Waals surface area (Å²) in [6, 6.07) is 7.43. The van der Waals surface area contributed by atoms with Gasteiger partial charge >= 0.3 is 7.12 Å². The van der Waals surface area contributed by atoms with E-state index in [4.69, 9.17) is 20.9 Å². The molecule has 0 N–H and O–H groups in total. The summed E-state index contributed by atoms with van der Waals surface area (Å²) in [6.07, 6.45) is 3.50. The van der Waals surface area contributed by atoms with Crippen molar-refractivity contribution in [2.75, 3.05) is 0 Å². The fourth-order valence-corrected chi connectivity index (χ4v) is 2.31. The van der Waals surface area contributed by atoms with Crippen molar-refractivity contribution in [2.24, 2.45) is 0 Å². The molecule has 22 heavy (non-hydrogen) atoms. The zero-order valence-electron chi connectivity index (χ0n) is 13.1. The Balaban J connectivity index is 1.82. The van der Waals surface area contributed by atoms with Gasteiger partial charge in [-0.15, -0.1) is 0 Å². The summed E-state index contributed by atoms with van der Waals surface area (Å²) < 4.78 is 12.0. The summed E-state index contributed by atoms with van der Waals surface area (Å²) in [5.41, 5.74) is 1.00. The maximum atomic E-state index is 5.99. The maximum absolute atomic E-state index is 5.99. The monoisotopic (exact) mass is 316 g/mol. The number of hydrogen-bond acceptors (Lipinski definition) is 4. The molecule has 1 aromatic carbocycles. The van der Waals surface area contributed by atoms with Gasteiger partial charge in [0.05, 0.1) is 11.2 Å². The molecule has 0 amide bonds. The summed E-state index contributed by atoms with van der Waals surface area (Å²) in [6.45, 7) is 8.09. The lowest BCUT2D eigenvalue weighted by atomic mass is 9.81. The lowest BCUT2D eigenvalue weighted by Gasteiger charge is -2.32. The third-order valence-corrected chi connectivity index (χ3v) is 4.55. The first kappa shape index (κ1) is 15.5. The molecule has 0 radical (unpaired) electrons. The Morgan fingerprint density at radius 3 is 1.91 bits per heavy atom. The highest BCUT2D eigenvalue weighted by atomic mass is 35.5. The van der Waals surface area contributed by atoms with Gasteiger partial charge in [-0.05, 0) is 52.0 Å². The molecule has 1 aliphatic heterocycles. The summed E-state index contributed by atoms with van der Waals surface area (Å²) >= 11 is 5.89. The van der Waals surface area contributed by atoms with Gasteiger partial charge < -0.3 is 9.31 Å². The van der Waals surface area contributed by atoms with Gasteiger partial charge in [0.15, 0.2) is 5.82 Å². The van der Waals surface area contributed by atoms with Gasteiger partial charge in [0.1, 0.15) is 0 Å². The van der Waals surface area contributed by atoms with Crippen molar-refractivity contribution in [3.8, 4) is 11.4 Å². The van der Waals surface area contributed by atoms with Gasteiger partial charge in [-0.25, -0.2) is 9.97 Å². The van der Waals surface area contributed by atoms with Crippen molar-refractivity contribution >= 4 is 24.2 Å². The predicted molar refractivity (Wildman–Crippen MR) is 88.2 cm³/mol. The van der Waals surface area contributed by atoms with Crippen molar-refractivity contribution in [3.63, 3.8) is 0 Å². The SMILES string of the molecule is CC1(C)OB(c2cnc(-c3ccc(Cl)cc3)nc2)OC1(C)C. The van der Waals surface area contributed by atoms with Crippen LogP contribution in [0.25, 0.3) is 11.4 Å². The van der Waals surface area contributed by atoms with Crippen LogP contribution < -0.4 is 5.46 Å². The largest absolute Gasteiger partial charge is 0.498 e. The third kappa shape index (κ3) is 2.76. The predicted octanol–water partition coefficient (Wildman–Crippen LogP) is 3.10. The lowest BCUT2D eigenvalue weighted by Crippen LogP contribution is -2.41. The summed E-state index contributed by atoms with van der Waals surface area (Å²) in [5, 5.41) is 0.692. The van der Waals surface area contributed by atoms with Crippen molar-refractivity contribution < 1.29 is 9.31 Å². The summed E-state index contributed by atoms with van der Waals surface area (Å²) in [4.78, 5) is 8.81. The maximum Gasteiger partial charge on any atom is 0.498 e. The average Bonchev–Trinajstić information content (AvgIpc) is 2.68. The van der Waals surface area contributed by atoms with E-state index < -0.39 is 7.12 Å². The van der Waals surface area contributed by atoms with Gasteiger partial charge in [0, 0.05) is 28.4 Å². The van der Waals surface area contributed by atoms with Crippen molar-refractivity contribution in [1.82, 2.24) is 9.97 Å². The van der Waals surface area contributed by atoms with Gasteiger partial charge in [-0.3, -0.25) is 0 Å². The topological polar surface area (TPSA) is 44.2 Å². The van der Waals surface area contributed by atoms with Crippen LogP contribution in [0.3, 0.4) is 0 Å². The first-order valence-electron chi connectivity index (χ1n) is 7.22. The van der Waals surface area contributed by atoms with Crippen LogP contribution in [0.4, 0.5) is 0 Å². The molecule has 2 aromatic rings. The van der Waals surface area contributed by atoms with E-state index in [9.17, 15) is 0 Å². The minimum Gasteiger partial charge on any atom is -0.399 e. The van der Waals surface area contributed by atoms with E-state index in [1.54, 1.807) is 12.4 Å². The average molecular weight is 317 g/mol. The van der Waals surface area contributed by atoms with Crippen LogP contribution in [0.1, 0.15) is 27.7 Å². The third-order valence-electron chi connectivity index (χ3n) is 4.30. The van der Waals surface area contributed by atoms with Crippen molar-refractivity contribution in [3.05, 3.63) is 41.7 Å². The zero-order chi connectivity index (χ0) is 16.0. The molecule has 0 saturated carbocycles. The Labute approximate surface area is 136 Å². The van der Waals surface area contributed by atoms with Crippen LogP contribution >= 0.6 is 11.6 Å². The second-order valence-electron chi connectivity index (χ2n) is 6.44. The first-order chi connectivity index (χ1) is 10.3. The van der Waals surface area contributed by atoms with Gasteiger partial charge in [-0.2, -0.15) is 0 Å². The molecule has 0 spiro atoms. The molecule has 0 unspecified atom stereocenters. The number of nitrogens with zero attached hydrogens (tertiary/aromatic N) is 2.